The lowest BCUT2D eigenvalue weighted by Gasteiger charge is -2.01. The molecule has 0 unspecified atom stereocenters. The van der Waals surface area contributed by atoms with Gasteiger partial charge in [0.05, 0.1) is 0 Å². The highest BCUT2D eigenvalue weighted by atomic mass is 32.2. The highest BCUT2D eigenvalue weighted by Gasteiger charge is 2.15. The second kappa shape index (κ2) is 5.64. The molecular formula is C13H13NO4S2. The molecule has 0 saturated heterocycles. The first-order valence-corrected chi connectivity index (χ1v) is 8.46. The molecule has 5 nitrogen and oxygen atoms in total. The van der Waals surface area contributed by atoms with Crippen molar-refractivity contribution in [2.75, 3.05) is 11.6 Å². The second-order valence-electron chi connectivity index (χ2n) is 4.16. The molecule has 0 bridgehead atoms. The molecule has 0 aliphatic heterocycles. The molecular weight excluding hydrogens is 298 g/mol. The van der Waals surface area contributed by atoms with E-state index in [9.17, 15) is 13.2 Å². The molecule has 2 aromatic heterocycles. The van der Waals surface area contributed by atoms with Gasteiger partial charge in [0, 0.05) is 12.3 Å². The van der Waals surface area contributed by atoms with Gasteiger partial charge in [0.2, 0.25) is 5.91 Å². The van der Waals surface area contributed by atoms with Gasteiger partial charge >= 0.3 is 0 Å². The van der Waals surface area contributed by atoms with E-state index in [4.69, 9.17) is 4.42 Å². The monoisotopic (exact) mass is 311 g/mol. The van der Waals surface area contributed by atoms with Crippen LogP contribution >= 0.6 is 11.3 Å². The Hall–Kier alpha value is -1.86. The van der Waals surface area contributed by atoms with Crippen molar-refractivity contribution in [3.05, 3.63) is 41.2 Å². The molecule has 2 rings (SSSR count). The Morgan fingerprint density at radius 1 is 1.35 bits per heavy atom. The predicted molar refractivity (Wildman–Crippen MR) is 78.5 cm³/mol. The van der Waals surface area contributed by atoms with Crippen molar-refractivity contribution >= 4 is 38.2 Å². The first-order chi connectivity index (χ1) is 9.36. The SMILES string of the molecule is Cc1ccc(C=CC(=O)Nc2sccc2S(C)(=O)=O)o1. The van der Waals surface area contributed by atoms with E-state index in [1.54, 1.807) is 24.4 Å². The van der Waals surface area contributed by atoms with E-state index in [1.807, 2.05) is 0 Å². The Labute approximate surface area is 120 Å². The average Bonchev–Trinajstić information content (AvgIpc) is 2.94. The minimum atomic E-state index is -3.35. The summed E-state index contributed by atoms with van der Waals surface area (Å²) in [7, 11) is -3.35. The summed E-state index contributed by atoms with van der Waals surface area (Å²) in [5.41, 5.74) is 0. The van der Waals surface area contributed by atoms with Crippen molar-refractivity contribution in [2.45, 2.75) is 11.8 Å². The van der Waals surface area contributed by atoms with E-state index in [0.717, 1.165) is 23.4 Å². The average molecular weight is 311 g/mol. The van der Waals surface area contributed by atoms with E-state index in [1.165, 1.54) is 18.2 Å². The molecule has 2 heterocycles. The number of carbonyl (C=O) groups excluding carboxylic acids is 1. The number of amides is 1. The van der Waals surface area contributed by atoms with Crippen molar-refractivity contribution in [2.24, 2.45) is 0 Å². The Bertz CT molecular complexity index is 753. The topological polar surface area (TPSA) is 76.4 Å². The van der Waals surface area contributed by atoms with Gasteiger partial charge in [0.15, 0.2) is 9.84 Å². The molecule has 1 N–H and O–H groups in total. The number of rotatable bonds is 4. The van der Waals surface area contributed by atoms with Gasteiger partial charge < -0.3 is 9.73 Å². The van der Waals surface area contributed by atoms with Gasteiger partial charge in [-0.2, -0.15) is 0 Å². The number of furan rings is 1. The standard InChI is InChI=1S/C13H13NO4S2/c1-9-3-4-10(18-9)5-6-12(15)14-13-11(7-8-19-13)20(2,16)17/h3-8H,1-2H3,(H,14,15). The summed E-state index contributed by atoms with van der Waals surface area (Å²) in [5.74, 6) is 0.904. The summed E-state index contributed by atoms with van der Waals surface area (Å²) in [5, 5.41) is 4.48. The molecule has 0 spiro atoms. The maximum atomic E-state index is 11.7. The minimum absolute atomic E-state index is 0.123. The van der Waals surface area contributed by atoms with Crippen LogP contribution in [0.3, 0.4) is 0 Å². The maximum absolute atomic E-state index is 11.7. The number of sulfone groups is 1. The van der Waals surface area contributed by atoms with E-state index < -0.39 is 15.7 Å². The Morgan fingerprint density at radius 3 is 2.70 bits per heavy atom. The van der Waals surface area contributed by atoms with Crippen LogP contribution in [-0.2, 0) is 14.6 Å². The molecule has 2 aromatic rings. The summed E-state index contributed by atoms with van der Waals surface area (Å²) >= 11 is 1.16. The Kier molecular flexibility index (Phi) is 4.10. The van der Waals surface area contributed by atoms with Crippen LogP contribution in [0.25, 0.3) is 6.08 Å². The predicted octanol–water partition coefficient (Wildman–Crippen LogP) is 2.70. The summed E-state index contributed by atoms with van der Waals surface area (Å²) in [6.07, 6.45) is 3.92. The Balaban J connectivity index is 2.09. The second-order valence-corrected chi connectivity index (χ2v) is 7.06. The van der Waals surface area contributed by atoms with Gasteiger partial charge in [-0.1, -0.05) is 0 Å². The van der Waals surface area contributed by atoms with Crippen molar-refractivity contribution in [1.29, 1.82) is 0 Å². The summed E-state index contributed by atoms with van der Waals surface area (Å²) in [6, 6.07) is 5.00. The molecule has 106 valence electrons. The van der Waals surface area contributed by atoms with Crippen LogP contribution in [0.5, 0.6) is 0 Å². The van der Waals surface area contributed by atoms with Crippen LogP contribution in [0.15, 0.2) is 39.0 Å². The van der Waals surface area contributed by atoms with E-state index in [0.29, 0.717) is 10.8 Å². The lowest BCUT2D eigenvalue weighted by molar-refractivity contribution is -0.111. The van der Waals surface area contributed by atoms with Gasteiger partial charge in [0.25, 0.3) is 0 Å². The largest absolute Gasteiger partial charge is 0.462 e. The fourth-order valence-corrected chi connectivity index (χ4v) is 3.61. The third kappa shape index (κ3) is 3.58. The van der Waals surface area contributed by atoms with E-state index in [2.05, 4.69) is 5.32 Å². The molecule has 20 heavy (non-hydrogen) atoms. The number of hydrogen-bond acceptors (Lipinski definition) is 5. The quantitative estimate of drug-likeness (QED) is 0.881. The lowest BCUT2D eigenvalue weighted by Crippen LogP contribution is -2.09. The normalized spacial score (nSPS) is 11.9. The molecule has 1 amide bonds. The fraction of sp³-hybridized carbons (Fsp3) is 0.154. The zero-order valence-corrected chi connectivity index (χ0v) is 12.5. The van der Waals surface area contributed by atoms with Gasteiger partial charge in [-0.25, -0.2) is 8.42 Å². The van der Waals surface area contributed by atoms with Gasteiger partial charge in [-0.3, -0.25) is 4.79 Å². The lowest BCUT2D eigenvalue weighted by atomic mass is 10.4. The van der Waals surface area contributed by atoms with Crippen LogP contribution in [0.2, 0.25) is 0 Å². The summed E-state index contributed by atoms with van der Waals surface area (Å²) in [4.78, 5) is 11.9. The third-order valence-electron chi connectivity index (χ3n) is 2.43. The molecule has 0 fully saturated rings. The molecule has 0 atom stereocenters. The zero-order valence-electron chi connectivity index (χ0n) is 10.9. The van der Waals surface area contributed by atoms with Crippen LogP contribution in [0.1, 0.15) is 11.5 Å². The first-order valence-electron chi connectivity index (χ1n) is 5.69. The highest BCUT2D eigenvalue weighted by Crippen LogP contribution is 2.27. The summed E-state index contributed by atoms with van der Waals surface area (Å²) in [6.45, 7) is 1.81. The zero-order chi connectivity index (χ0) is 14.8. The van der Waals surface area contributed by atoms with E-state index >= 15 is 0 Å². The molecule has 7 heteroatoms. The molecule has 0 radical (unpaired) electrons. The van der Waals surface area contributed by atoms with Gasteiger partial charge in [0.1, 0.15) is 21.4 Å². The van der Waals surface area contributed by atoms with Crippen LogP contribution in [-0.4, -0.2) is 20.6 Å². The van der Waals surface area contributed by atoms with Crippen molar-refractivity contribution in [3.8, 4) is 0 Å². The minimum Gasteiger partial charge on any atom is -0.462 e. The fourth-order valence-electron chi connectivity index (χ4n) is 1.54. The van der Waals surface area contributed by atoms with Crippen molar-refractivity contribution < 1.29 is 17.6 Å². The van der Waals surface area contributed by atoms with Gasteiger partial charge in [-0.05, 0) is 36.6 Å². The van der Waals surface area contributed by atoms with Crippen LogP contribution in [0.4, 0.5) is 5.00 Å². The number of carbonyl (C=O) groups is 1. The number of nitrogens with one attached hydrogen (secondary N) is 1. The van der Waals surface area contributed by atoms with Crippen molar-refractivity contribution in [3.63, 3.8) is 0 Å². The molecule has 0 aliphatic rings. The van der Waals surface area contributed by atoms with Crippen molar-refractivity contribution in [1.82, 2.24) is 0 Å². The number of hydrogen-bond donors (Lipinski definition) is 1. The first kappa shape index (κ1) is 14.5. The summed E-state index contributed by atoms with van der Waals surface area (Å²) < 4.78 is 28.3. The molecule has 0 saturated carbocycles. The Morgan fingerprint density at radius 2 is 2.10 bits per heavy atom. The highest BCUT2D eigenvalue weighted by molar-refractivity contribution is 7.91. The molecule has 0 aromatic carbocycles. The number of thiophene rings is 1. The smallest absolute Gasteiger partial charge is 0.249 e. The van der Waals surface area contributed by atoms with E-state index in [-0.39, 0.29) is 4.90 Å². The third-order valence-corrected chi connectivity index (χ3v) is 4.52. The van der Waals surface area contributed by atoms with Crippen LogP contribution < -0.4 is 5.32 Å². The van der Waals surface area contributed by atoms with Crippen LogP contribution in [0, 0.1) is 6.92 Å². The van der Waals surface area contributed by atoms with Gasteiger partial charge in [-0.15, -0.1) is 11.3 Å². The maximum Gasteiger partial charge on any atom is 0.249 e. The number of anilines is 1. The number of aryl methyl sites for hydroxylation is 1. The molecule has 0 aliphatic carbocycles.